The van der Waals surface area contributed by atoms with E-state index in [9.17, 15) is 0 Å². The van der Waals surface area contributed by atoms with Crippen molar-refractivity contribution in [2.75, 3.05) is 0 Å². The molecule has 0 aromatic carbocycles. The molecule has 0 aliphatic carbocycles. The van der Waals surface area contributed by atoms with Crippen molar-refractivity contribution in [1.29, 1.82) is 0 Å². The predicted molar refractivity (Wildman–Crippen MR) is 13.2 cm³/mol. The number of hydrogen-bond acceptors (Lipinski definition) is 1. The quantitative estimate of drug-likeness (QED) is 0.286. The summed E-state index contributed by atoms with van der Waals surface area (Å²) in [6.07, 6.45) is 0. The van der Waals surface area contributed by atoms with Gasteiger partial charge in [-0.05, 0) is 0 Å². The number of rotatable bonds is 0. The van der Waals surface area contributed by atoms with Crippen molar-refractivity contribution in [1.82, 2.24) is 0 Å². The first-order valence-corrected chi connectivity index (χ1v) is 1.75. The van der Waals surface area contributed by atoms with Crippen LogP contribution in [0.4, 0.5) is 0 Å². The normalized spacial score (nSPS) is 4.33. The van der Waals surface area contributed by atoms with Gasteiger partial charge in [-0.25, -0.2) is 0 Å². The largest absolute Gasteiger partial charge is 1.00 e. The second-order valence-electron chi connectivity index (χ2n) is 0.253. The van der Waals surface area contributed by atoms with Gasteiger partial charge in [-0.15, -0.1) is 9.79 Å². The van der Waals surface area contributed by atoms with Gasteiger partial charge in [0.1, 0.15) is 0 Å². The van der Waals surface area contributed by atoms with Crippen molar-refractivity contribution < 1.29 is 63.9 Å². The van der Waals surface area contributed by atoms with Crippen LogP contribution in [0.15, 0.2) is 0 Å². The summed E-state index contributed by atoms with van der Waals surface area (Å²) >= 11 is 0. The molecule has 0 fully saturated rings. The molecule has 2 N–H and O–H groups in total. The molecule has 0 aliphatic rings. The van der Waals surface area contributed by atoms with E-state index >= 15 is 0 Å². The first-order chi connectivity index (χ1) is 1.73. The zero-order valence-electron chi connectivity index (χ0n) is 4.20. The second kappa shape index (κ2) is 9.78. The average Bonchev–Trinajstić information content (AvgIpc) is 0.811. The molecule has 0 spiro atoms. The maximum Gasteiger partial charge on any atom is 1.00 e. The van der Waals surface area contributed by atoms with E-state index in [4.69, 9.17) is 14.4 Å². The van der Waals surface area contributed by atoms with E-state index < -0.39 is 8.25 Å². The van der Waals surface area contributed by atoms with Crippen molar-refractivity contribution in [3.05, 3.63) is 0 Å². The maximum atomic E-state index is 8.70. The van der Waals surface area contributed by atoms with Gasteiger partial charge in [0, 0.05) is 23.1 Å². The van der Waals surface area contributed by atoms with Crippen LogP contribution in [0.3, 0.4) is 0 Å². The van der Waals surface area contributed by atoms with E-state index in [1.54, 1.807) is 0 Å². The first kappa shape index (κ1) is 15.6. The minimum atomic E-state index is -2.87. The van der Waals surface area contributed by atoms with Gasteiger partial charge < -0.3 is 1.43 Å². The molecule has 0 aromatic heterocycles. The molecule has 0 unspecified atom stereocenters. The molecule has 0 saturated heterocycles. The van der Waals surface area contributed by atoms with Crippen LogP contribution < -0.4 is 29.6 Å². The van der Waals surface area contributed by atoms with Crippen LogP contribution in [0.1, 0.15) is 1.43 Å². The molecule has 6 heavy (non-hydrogen) atoms. The maximum absolute atomic E-state index is 8.70. The minimum Gasteiger partial charge on any atom is -1.00 e. The predicted octanol–water partition coefficient (Wildman–Crippen LogP) is -3.26. The van der Waals surface area contributed by atoms with E-state index in [1.807, 2.05) is 0 Å². The standard InChI is InChI=1S/Na.HO3P.V.H/c;1-4(2)3;;/h;(H-,1,2,3);;/q+1;;;-1/p+1. The molecule has 0 aliphatic heterocycles. The third-order valence-electron chi connectivity index (χ3n) is 0. The summed E-state index contributed by atoms with van der Waals surface area (Å²) in [5.74, 6) is 0. The molecule has 6 heteroatoms. The van der Waals surface area contributed by atoms with E-state index in [0.717, 1.165) is 0 Å². The van der Waals surface area contributed by atoms with Gasteiger partial charge in [0.2, 0.25) is 0 Å². The van der Waals surface area contributed by atoms with Crippen LogP contribution in [0, 0.1) is 0 Å². The molecular weight excluding hydrogens is 153 g/mol. The third kappa shape index (κ3) is 46.2. The molecule has 0 atom stereocenters. The van der Waals surface area contributed by atoms with Crippen molar-refractivity contribution in [2.24, 2.45) is 0 Å². The van der Waals surface area contributed by atoms with Gasteiger partial charge in [0.15, 0.2) is 0 Å². The first-order valence-electron chi connectivity index (χ1n) is 0.583. The second-order valence-corrected chi connectivity index (χ2v) is 0.758. The fourth-order valence-corrected chi connectivity index (χ4v) is 0. The molecule has 0 bridgehead atoms. The van der Waals surface area contributed by atoms with E-state index in [2.05, 4.69) is 0 Å². The molecule has 0 amide bonds. The third-order valence-corrected chi connectivity index (χ3v) is 0. The Morgan fingerprint density at radius 2 is 1.50 bits per heavy atom. The molecular formula is H3NaO3PV+. The molecule has 3 nitrogen and oxygen atoms in total. The Morgan fingerprint density at radius 3 is 1.50 bits per heavy atom. The Labute approximate surface area is 71.7 Å². The molecule has 0 rings (SSSR count). The Bertz CT molecular complexity index is 37.9. The smallest absolute Gasteiger partial charge is 1.00 e. The summed E-state index contributed by atoms with van der Waals surface area (Å²) in [5.41, 5.74) is 0. The van der Waals surface area contributed by atoms with Crippen molar-refractivity contribution in [3.8, 4) is 0 Å². The van der Waals surface area contributed by atoms with Gasteiger partial charge >= 0.3 is 37.8 Å². The summed E-state index contributed by atoms with van der Waals surface area (Å²) in [7, 11) is -2.87. The van der Waals surface area contributed by atoms with Gasteiger partial charge in [0.25, 0.3) is 0 Å². The summed E-state index contributed by atoms with van der Waals surface area (Å²) in [6.45, 7) is 0. The van der Waals surface area contributed by atoms with Gasteiger partial charge in [-0.3, -0.25) is 0 Å². The molecule has 0 aromatic rings. The molecule has 0 heterocycles. The fraction of sp³-hybridized carbons (Fsp3) is 0. The Balaban J connectivity index is -0.0000000150. The minimum absolute atomic E-state index is 0. The topological polar surface area (TPSA) is 57.5 Å². The fourth-order valence-electron chi connectivity index (χ4n) is 0. The van der Waals surface area contributed by atoms with E-state index in [0.29, 0.717) is 0 Å². The van der Waals surface area contributed by atoms with Crippen LogP contribution in [0.25, 0.3) is 0 Å². The van der Waals surface area contributed by atoms with Crippen LogP contribution in [-0.2, 0) is 23.1 Å². The van der Waals surface area contributed by atoms with Crippen LogP contribution in [-0.4, -0.2) is 9.79 Å². The molecule has 31 valence electrons. The van der Waals surface area contributed by atoms with Crippen molar-refractivity contribution in [2.45, 2.75) is 0 Å². The SMILES string of the molecule is O=[P+](O)O.[H-].[Na+].[V]. The Hall–Kier alpha value is 1.60. The van der Waals surface area contributed by atoms with Gasteiger partial charge in [0.05, 0.1) is 0 Å². The summed E-state index contributed by atoms with van der Waals surface area (Å²) < 4.78 is 8.70. The Morgan fingerprint density at radius 1 is 1.50 bits per heavy atom. The van der Waals surface area contributed by atoms with Crippen LogP contribution in [0.5, 0.6) is 0 Å². The summed E-state index contributed by atoms with van der Waals surface area (Å²) in [5, 5.41) is 0. The van der Waals surface area contributed by atoms with Crippen LogP contribution in [0.2, 0.25) is 0 Å². The van der Waals surface area contributed by atoms with Crippen molar-refractivity contribution in [3.63, 3.8) is 0 Å². The van der Waals surface area contributed by atoms with E-state index in [1.165, 1.54) is 0 Å². The van der Waals surface area contributed by atoms with Gasteiger partial charge in [-0.1, -0.05) is 0 Å². The zero-order valence-corrected chi connectivity index (χ0v) is 7.49. The molecule has 0 saturated carbocycles. The Kier molecular flexibility index (Phi) is 25.5. The van der Waals surface area contributed by atoms with Gasteiger partial charge in [-0.2, -0.15) is 0 Å². The zero-order chi connectivity index (χ0) is 3.58. The van der Waals surface area contributed by atoms with E-state index in [-0.39, 0.29) is 49.5 Å². The molecule has 1 radical (unpaired) electrons. The monoisotopic (exact) mass is 156 g/mol. The summed E-state index contributed by atoms with van der Waals surface area (Å²) in [6, 6.07) is 0. The number of hydrogen-bond donors (Lipinski definition) is 2. The average molecular weight is 156 g/mol. The summed E-state index contributed by atoms with van der Waals surface area (Å²) in [4.78, 5) is 14.2. The van der Waals surface area contributed by atoms with Crippen molar-refractivity contribution >= 4 is 8.25 Å². The van der Waals surface area contributed by atoms with Crippen LogP contribution >= 0.6 is 8.25 Å².